The molecule has 1 aromatic heterocycles. The van der Waals surface area contributed by atoms with Gasteiger partial charge in [-0.05, 0) is 18.2 Å². The van der Waals surface area contributed by atoms with Gasteiger partial charge in [0.25, 0.3) is 0 Å². The second-order valence-corrected chi connectivity index (χ2v) is 3.59. The molecular weight excluding hydrogens is 228 g/mol. The highest BCUT2D eigenvalue weighted by molar-refractivity contribution is 7.71. The summed E-state index contributed by atoms with van der Waals surface area (Å²) in [5, 5.41) is 18.5. The summed E-state index contributed by atoms with van der Waals surface area (Å²) >= 11 is 4.80. The molecule has 82 valence electrons. The lowest BCUT2D eigenvalue weighted by Gasteiger charge is -2.05. The average Bonchev–Trinajstić information content (AvgIpc) is 2.22. The van der Waals surface area contributed by atoms with Gasteiger partial charge in [-0.1, -0.05) is 12.2 Å². The van der Waals surface area contributed by atoms with Crippen molar-refractivity contribution in [2.75, 3.05) is 0 Å². The lowest BCUT2D eigenvalue weighted by atomic mass is 10.3. The molecule has 16 heavy (non-hydrogen) atoms. The normalized spacial score (nSPS) is 10.2. The molecule has 5 nitrogen and oxygen atoms in total. The third kappa shape index (κ3) is 1.82. The van der Waals surface area contributed by atoms with E-state index in [2.05, 4.69) is 4.98 Å². The molecule has 1 aromatic carbocycles. The monoisotopic (exact) mass is 236 g/mol. The van der Waals surface area contributed by atoms with Crippen LogP contribution < -0.4 is 5.69 Å². The molecule has 0 aliphatic rings. The summed E-state index contributed by atoms with van der Waals surface area (Å²) in [6.07, 6.45) is 1.49. The fraction of sp³-hybridized carbons (Fsp3) is 0. The number of hydrogen-bond acceptors (Lipinski definition) is 4. The highest BCUT2D eigenvalue weighted by atomic mass is 32.1. The zero-order chi connectivity index (χ0) is 11.7. The molecule has 0 amide bonds. The Morgan fingerprint density at radius 1 is 1.19 bits per heavy atom. The van der Waals surface area contributed by atoms with Crippen LogP contribution in [0.4, 0.5) is 0 Å². The Kier molecular flexibility index (Phi) is 2.49. The van der Waals surface area contributed by atoms with E-state index in [-0.39, 0.29) is 11.5 Å². The molecule has 2 aromatic rings. The number of aromatic nitrogens is 2. The molecule has 0 atom stereocenters. The summed E-state index contributed by atoms with van der Waals surface area (Å²) in [4.78, 5) is 14.0. The molecule has 0 aliphatic carbocycles. The van der Waals surface area contributed by atoms with Crippen LogP contribution in [-0.4, -0.2) is 19.8 Å². The van der Waals surface area contributed by atoms with E-state index in [1.54, 1.807) is 6.07 Å². The minimum absolute atomic E-state index is 0.235. The van der Waals surface area contributed by atoms with Crippen LogP contribution in [0.5, 0.6) is 11.5 Å². The number of aromatic amines is 1. The Hall–Kier alpha value is -2.08. The Labute approximate surface area is 95.2 Å². The quantitative estimate of drug-likeness (QED) is 0.515. The van der Waals surface area contributed by atoms with Gasteiger partial charge in [0.1, 0.15) is 4.64 Å². The van der Waals surface area contributed by atoms with Crippen molar-refractivity contribution in [3.8, 4) is 17.2 Å². The average molecular weight is 236 g/mol. The van der Waals surface area contributed by atoms with Gasteiger partial charge in [0, 0.05) is 12.3 Å². The van der Waals surface area contributed by atoms with Crippen LogP contribution in [0.2, 0.25) is 0 Å². The number of H-pyrrole nitrogens is 1. The van der Waals surface area contributed by atoms with Gasteiger partial charge >= 0.3 is 5.69 Å². The molecule has 0 saturated carbocycles. The van der Waals surface area contributed by atoms with E-state index in [4.69, 9.17) is 17.3 Å². The van der Waals surface area contributed by atoms with Crippen molar-refractivity contribution in [3.63, 3.8) is 0 Å². The number of benzene rings is 1. The van der Waals surface area contributed by atoms with Crippen LogP contribution in [-0.2, 0) is 0 Å². The highest BCUT2D eigenvalue weighted by Crippen LogP contribution is 2.25. The number of rotatable bonds is 1. The summed E-state index contributed by atoms with van der Waals surface area (Å²) in [7, 11) is 0. The topological polar surface area (TPSA) is 78.2 Å². The Bertz CT molecular complexity index is 645. The Morgan fingerprint density at radius 3 is 2.56 bits per heavy atom. The fourth-order valence-corrected chi connectivity index (χ4v) is 1.43. The summed E-state index contributed by atoms with van der Waals surface area (Å²) in [6, 6.07) is 5.65. The summed E-state index contributed by atoms with van der Waals surface area (Å²) in [6.45, 7) is 0. The second-order valence-electron chi connectivity index (χ2n) is 3.15. The van der Waals surface area contributed by atoms with Gasteiger partial charge in [-0.15, -0.1) is 0 Å². The third-order valence-electron chi connectivity index (χ3n) is 2.06. The molecule has 0 aliphatic heterocycles. The number of aromatic hydroxyl groups is 2. The first-order chi connectivity index (χ1) is 7.58. The number of phenols is 2. The van der Waals surface area contributed by atoms with Crippen LogP contribution in [0.15, 0.2) is 35.3 Å². The first-order valence-corrected chi connectivity index (χ1v) is 4.83. The van der Waals surface area contributed by atoms with Crippen LogP contribution in [0.3, 0.4) is 0 Å². The lowest BCUT2D eigenvalue weighted by molar-refractivity contribution is 0.403. The maximum atomic E-state index is 11.5. The van der Waals surface area contributed by atoms with E-state index < -0.39 is 5.69 Å². The standard InChI is InChI=1S/C10H8N2O3S/c13-7-2-1-6(5-8(7)14)12-4-3-9(16)11-10(12)15/h1-5,13-14H,(H,11,15,16). The first kappa shape index (κ1) is 10.4. The van der Waals surface area contributed by atoms with Crippen molar-refractivity contribution in [3.05, 3.63) is 45.6 Å². The Morgan fingerprint density at radius 2 is 1.94 bits per heavy atom. The first-order valence-electron chi connectivity index (χ1n) is 4.42. The molecule has 6 heteroatoms. The van der Waals surface area contributed by atoms with Gasteiger partial charge < -0.3 is 10.2 Å². The number of nitrogens with one attached hydrogen (secondary N) is 1. The molecule has 0 unspecified atom stereocenters. The highest BCUT2D eigenvalue weighted by Gasteiger charge is 2.03. The van der Waals surface area contributed by atoms with Gasteiger partial charge in [-0.2, -0.15) is 0 Å². The van der Waals surface area contributed by atoms with Gasteiger partial charge in [0.05, 0.1) is 5.69 Å². The molecule has 2 rings (SSSR count). The van der Waals surface area contributed by atoms with Gasteiger partial charge in [0.15, 0.2) is 11.5 Å². The third-order valence-corrected chi connectivity index (χ3v) is 2.30. The molecular formula is C10H8N2O3S. The number of phenolic OH excluding ortho intramolecular Hbond substituents is 2. The minimum atomic E-state index is -0.405. The van der Waals surface area contributed by atoms with Crippen LogP contribution in [0.1, 0.15) is 0 Å². The van der Waals surface area contributed by atoms with Gasteiger partial charge in [-0.3, -0.25) is 9.55 Å². The lowest BCUT2D eigenvalue weighted by Crippen LogP contribution is -2.20. The van der Waals surface area contributed by atoms with Crippen LogP contribution in [0.25, 0.3) is 5.69 Å². The maximum Gasteiger partial charge on any atom is 0.331 e. The molecule has 0 saturated heterocycles. The smallest absolute Gasteiger partial charge is 0.331 e. The summed E-state index contributed by atoms with van der Waals surface area (Å²) in [5.74, 6) is -0.521. The van der Waals surface area contributed by atoms with Crippen molar-refractivity contribution >= 4 is 12.2 Å². The molecule has 0 bridgehead atoms. The molecule has 0 fully saturated rings. The van der Waals surface area contributed by atoms with E-state index in [1.165, 1.54) is 29.0 Å². The SMILES string of the molecule is O=c1[nH]c(=S)ccn1-c1ccc(O)c(O)c1. The van der Waals surface area contributed by atoms with Gasteiger partial charge in [-0.25, -0.2) is 4.79 Å². The van der Waals surface area contributed by atoms with E-state index in [0.717, 1.165) is 0 Å². The summed E-state index contributed by atoms with van der Waals surface area (Å²) in [5.41, 5.74) is 0.0316. The van der Waals surface area contributed by atoms with Crippen LogP contribution >= 0.6 is 12.2 Å². The van der Waals surface area contributed by atoms with E-state index in [9.17, 15) is 9.90 Å². The second kappa shape index (κ2) is 3.82. The van der Waals surface area contributed by atoms with Crippen molar-refractivity contribution < 1.29 is 10.2 Å². The number of hydrogen-bond donors (Lipinski definition) is 3. The number of nitrogens with zero attached hydrogens (tertiary/aromatic N) is 1. The van der Waals surface area contributed by atoms with Crippen molar-refractivity contribution in [2.45, 2.75) is 0 Å². The zero-order valence-corrected chi connectivity index (χ0v) is 8.86. The Balaban J connectivity index is 2.63. The van der Waals surface area contributed by atoms with Crippen molar-refractivity contribution in [1.82, 2.24) is 9.55 Å². The van der Waals surface area contributed by atoms with Crippen molar-refractivity contribution in [2.24, 2.45) is 0 Å². The van der Waals surface area contributed by atoms with E-state index in [1.807, 2.05) is 0 Å². The minimum Gasteiger partial charge on any atom is -0.504 e. The van der Waals surface area contributed by atoms with Gasteiger partial charge in [0.2, 0.25) is 0 Å². The largest absolute Gasteiger partial charge is 0.504 e. The molecule has 0 radical (unpaired) electrons. The predicted molar refractivity (Wildman–Crippen MR) is 60.6 cm³/mol. The van der Waals surface area contributed by atoms with E-state index >= 15 is 0 Å². The summed E-state index contributed by atoms with van der Waals surface area (Å²) < 4.78 is 1.61. The molecule has 0 spiro atoms. The van der Waals surface area contributed by atoms with Crippen LogP contribution in [0, 0.1) is 4.64 Å². The fourth-order valence-electron chi connectivity index (χ4n) is 1.28. The molecule has 3 N–H and O–H groups in total. The maximum absolute atomic E-state index is 11.5. The predicted octanol–water partition coefficient (Wildman–Crippen LogP) is 1.31. The molecule has 1 heterocycles. The van der Waals surface area contributed by atoms with E-state index in [0.29, 0.717) is 10.3 Å². The zero-order valence-electron chi connectivity index (χ0n) is 8.04. The van der Waals surface area contributed by atoms with Crippen molar-refractivity contribution in [1.29, 1.82) is 0 Å².